The number of hydrogen-bond donors (Lipinski definition) is 2. The number of aryl methyl sites for hydroxylation is 4. The highest BCUT2D eigenvalue weighted by Gasteiger charge is 2.28. The van der Waals surface area contributed by atoms with Crippen LogP contribution in [0.25, 0.3) is 18.2 Å². The molecule has 2 N–H and O–H groups in total. The molecule has 2 amide bonds. The topological polar surface area (TPSA) is 180 Å². The third-order valence-electron chi connectivity index (χ3n) is 9.21. The number of ketones is 1. The molecule has 0 atom stereocenters. The third kappa shape index (κ3) is 40.3. The summed E-state index contributed by atoms with van der Waals surface area (Å²) in [4.78, 5) is 52.5. The van der Waals surface area contributed by atoms with Crippen molar-refractivity contribution in [2.24, 2.45) is 0 Å². The Morgan fingerprint density at radius 2 is 1.24 bits per heavy atom. The van der Waals surface area contributed by atoms with Gasteiger partial charge in [0.25, 0.3) is 0 Å². The second-order valence-electron chi connectivity index (χ2n) is 15.4. The van der Waals surface area contributed by atoms with Crippen molar-refractivity contribution in [1.82, 2.24) is 25.6 Å². The molecular weight excluding hydrogens is 948 g/mol. The van der Waals surface area contributed by atoms with E-state index in [9.17, 15) is 32.3 Å². The summed E-state index contributed by atoms with van der Waals surface area (Å²) in [5, 5.41) is 22.1. The van der Waals surface area contributed by atoms with Crippen LogP contribution in [0.4, 0.5) is 13.2 Å². The van der Waals surface area contributed by atoms with Crippen LogP contribution < -0.4 is 24.9 Å². The van der Waals surface area contributed by atoms with Crippen LogP contribution in [0.5, 0.6) is 0 Å². The maximum Gasteiger partial charge on any atom is 0.430 e. The molecule has 0 radical (unpaired) electrons. The van der Waals surface area contributed by atoms with Crippen molar-refractivity contribution in [3.05, 3.63) is 126 Å². The fraction of sp³-hybridized carbons (Fsp3) is 0.463. The number of carbonyl (C=O) groups is 5. The minimum atomic E-state index is -5.19. The maximum absolute atomic E-state index is 11.5. The summed E-state index contributed by atoms with van der Waals surface area (Å²) in [6.45, 7) is 18.1. The predicted octanol–water partition coefficient (Wildman–Crippen LogP) is 8.38. The van der Waals surface area contributed by atoms with Gasteiger partial charge in [-0.3, -0.25) is 19.1 Å². The van der Waals surface area contributed by atoms with Gasteiger partial charge in [-0.2, -0.15) is 24.9 Å². The first-order chi connectivity index (χ1) is 34.4. The molecule has 3 aromatic heterocycles. The van der Waals surface area contributed by atoms with Crippen molar-refractivity contribution in [1.29, 1.82) is 0 Å². The standard InChI is InChI=1S/C17H24N2O3.C12H18N.C9H10.C8H13N3O.C6H13NOS.C2HF3O2/c1-3-6-15-9-13-19(14-10-15)12-5-4-11-18-16(20)7-8-17(21)22-2;1-3-5-9-13-10-7-12(6-4-2)8-11-13;1-2-6-9-7-4-3-5-8-9;1-3-11-6-8(9-10-11)5-4-7(2)12;1-3-7-6(8)4-5-9-2;3-2(4,5)1(6)7/h3,6,9-10,13-14H,4-5,7-8,11-12H2,1-2H3;4,6-8,10-11H,3,5,9H2,1-2H3;2-8H,1H3;6H,3-5H2,1-2H3;3-5H2,1-2H3,(H,7,8);(H,6,7)/q;+1;;;;/b6-3+;6-4+;6-2+;;;. The Morgan fingerprint density at radius 3 is 1.65 bits per heavy atom. The molecule has 0 spiro atoms. The van der Waals surface area contributed by atoms with E-state index in [1.807, 2.05) is 77.4 Å². The smallest absolute Gasteiger partial charge is 0.430 e. The zero-order valence-electron chi connectivity index (χ0n) is 43.8. The molecule has 0 bridgehead atoms. The van der Waals surface area contributed by atoms with E-state index in [-0.39, 0.29) is 36.4 Å². The van der Waals surface area contributed by atoms with E-state index >= 15 is 0 Å². The van der Waals surface area contributed by atoms with E-state index < -0.39 is 12.1 Å². The highest BCUT2D eigenvalue weighted by Crippen LogP contribution is 2.11. The second-order valence-corrected chi connectivity index (χ2v) is 16.4. The molecule has 0 unspecified atom stereocenters. The van der Waals surface area contributed by atoms with Gasteiger partial charge in [-0.15, -0.1) is 5.10 Å². The molecule has 0 aliphatic rings. The van der Waals surface area contributed by atoms with Crippen LogP contribution in [0.2, 0.25) is 0 Å². The molecule has 0 aliphatic heterocycles. The minimum Gasteiger partial charge on any atom is -0.542 e. The number of carboxylic acid groups (broad SMARTS) is 1. The number of amides is 2. The lowest BCUT2D eigenvalue weighted by atomic mass is 10.2. The van der Waals surface area contributed by atoms with Gasteiger partial charge in [0.2, 0.25) is 11.8 Å². The van der Waals surface area contributed by atoms with Crippen molar-refractivity contribution in [3.8, 4) is 0 Å². The number of Topliss-reactive ketones (excluding diaryl/α,β-unsaturated/α-hetero) is 1. The number of nitrogens with zero attached hydrogens (tertiary/aromatic N) is 5. The number of nitrogens with one attached hydrogen (secondary N) is 2. The molecule has 0 fully saturated rings. The van der Waals surface area contributed by atoms with Crippen LogP contribution in [0, 0.1) is 0 Å². The number of carboxylic acids is 1. The molecule has 398 valence electrons. The molecule has 1 aromatic carbocycles. The number of aliphatic carboxylic acids is 1. The number of thioether (sulfide) groups is 1. The molecule has 72 heavy (non-hydrogen) atoms. The van der Waals surface area contributed by atoms with Gasteiger partial charge in [0.15, 0.2) is 24.8 Å². The minimum absolute atomic E-state index is 0.103. The number of rotatable bonds is 22. The summed E-state index contributed by atoms with van der Waals surface area (Å²) in [6.07, 6.45) is 26.1. The lowest BCUT2D eigenvalue weighted by molar-refractivity contribution is -0.697. The first-order valence-corrected chi connectivity index (χ1v) is 25.5. The molecule has 0 saturated heterocycles. The summed E-state index contributed by atoms with van der Waals surface area (Å²) in [6, 6.07) is 18.7. The molecule has 0 saturated carbocycles. The largest absolute Gasteiger partial charge is 0.542 e. The van der Waals surface area contributed by atoms with Gasteiger partial charge in [-0.1, -0.05) is 85.3 Å². The number of benzene rings is 1. The predicted molar refractivity (Wildman–Crippen MR) is 280 cm³/mol. The van der Waals surface area contributed by atoms with Gasteiger partial charge < -0.3 is 30.1 Å². The highest BCUT2D eigenvalue weighted by molar-refractivity contribution is 7.98. The van der Waals surface area contributed by atoms with Gasteiger partial charge in [0.05, 0.1) is 19.2 Å². The van der Waals surface area contributed by atoms with Crippen LogP contribution in [0.3, 0.4) is 0 Å². The maximum atomic E-state index is 11.5. The van der Waals surface area contributed by atoms with Gasteiger partial charge in [-0.05, 0) is 77.3 Å². The number of unbranched alkanes of at least 4 members (excludes halogenated alkanes) is 2. The quantitative estimate of drug-likeness (QED) is 0.0441. The Balaban J connectivity index is 0. The number of ether oxygens (including phenoxy) is 1. The van der Waals surface area contributed by atoms with E-state index in [0.29, 0.717) is 25.8 Å². The number of halogens is 3. The Bertz CT molecular complexity index is 2130. The molecule has 4 aromatic rings. The molecule has 18 heteroatoms. The second kappa shape index (κ2) is 44.5. The van der Waals surface area contributed by atoms with Crippen molar-refractivity contribution in [2.45, 2.75) is 132 Å². The summed E-state index contributed by atoms with van der Waals surface area (Å²) in [5.41, 5.74) is 4.62. The van der Waals surface area contributed by atoms with Crippen molar-refractivity contribution >= 4 is 59.5 Å². The van der Waals surface area contributed by atoms with E-state index in [4.69, 9.17) is 9.90 Å². The molecule has 3 heterocycles. The van der Waals surface area contributed by atoms with Crippen molar-refractivity contribution < 1.29 is 56.1 Å². The van der Waals surface area contributed by atoms with Crippen LogP contribution in [0.15, 0.2) is 104 Å². The first kappa shape index (κ1) is 67.6. The zero-order valence-corrected chi connectivity index (χ0v) is 44.6. The summed E-state index contributed by atoms with van der Waals surface area (Å²) in [7, 11) is 1.32. The van der Waals surface area contributed by atoms with Crippen molar-refractivity contribution in [3.63, 3.8) is 0 Å². The summed E-state index contributed by atoms with van der Waals surface area (Å²) < 4.78 is 42.2. The molecule has 4 rings (SSSR count). The summed E-state index contributed by atoms with van der Waals surface area (Å²) >= 11 is 1.69. The lowest BCUT2D eigenvalue weighted by Gasteiger charge is -2.04. The number of alkyl halides is 3. The van der Waals surface area contributed by atoms with Crippen LogP contribution in [0.1, 0.15) is 122 Å². The molecule has 0 aliphatic carbocycles. The Hall–Kier alpha value is -6.43. The number of carbonyl (C=O) groups excluding carboxylic acids is 5. The number of aromatic nitrogens is 5. The average molecular weight is 1030 g/mol. The van der Waals surface area contributed by atoms with Crippen molar-refractivity contribution in [2.75, 3.05) is 32.2 Å². The summed E-state index contributed by atoms with van der Waals surface area (Å²) in [5.74, 6) is -2.19. The molecular formula is C54H79F3N7O7S+. The van der Waals surface area contributed by atoms with Gasteiger partial charge >= 0.3 is 12.1 Å². The van der Waals surface area contributed by atoms with Crippen LogP contribution in [-0.2, 0) is 54.8 Å². The van der Waals surface area contributed by atoms with Gasteiger partial charge in [-0.25, -0.2) is 9.13 Å². The van der Waals surface area contributed by atoms with Gasteiger partial charge in [0.1, 0.15) is 24.8 Å². The Morgan fingerprint density at radius 1 is 0.736 bits per heavy atom. The van der Waals surface area contributed by atoms with Gasteiger partial charge in [0, 0.05) is 88.0 Å². The van der Waals surface area contributed by atoms with E-state index in [2.05, 4.69) is 127 Å². The third-order valence-corrected chi connectivity index (χ3v) is 9.82. The SMILES string of the molecule is C/C=C/c1cc[n+](CCCC)cc1.C/C=C/c1cc[n+](CCCCNC(=O)CCC(=O)OC)cc1.C/C=C/c1ccccc1.CCNC(=O)CCSC.CCn1cc(CCC(C)=O)nn1.O=C([O-])C(F)(F)F. The van der Waals surface area contributed by atoms with E-state index in [1.165, 1.54) is 36.6 Å². The highest BCUT2D eigenvalue weighted by atomic mass is 32.2. The first-order valence-electron chi connectivity index (χ1n) is 24.1. The van der Waals surface area contributed by atoms with Crippen LogP contribution >= 0.6 is 11.8 Å². The lowest BCUT2D eigenvalue weighted by Crippen LogP contribution is -2.37. The Kier molecular flexibility index (Phi) is 41.8. The number of hydrogen-bond acceptors (Lipinski definition) is 10. The Labute approximate surface area is 430 Å². The number of esters is 1. The van der Waals surface area contributed by atoms with Crippen LogP contribution in [-0.4, -0.2) is 82.9 Å². The normalized spacial score (nSPS) is 10.4. The fourth-order valence-corrected chi connectivity index (χ4v) is 5.78. The number of methoxy groups -OCH3 is 1. The monoisotopic (exact) mass is 1030 g/mol. The van der Waals surface area contributed by atoms with E-state index in [0.717, 1.165) is 50.5 Å². The fourth-order valence-electron chi connectivity index (χ4n) is 5.39. The molecule has 14 nitrogen and oxygen atoms in total. The number of allylic oxidation sites excluding steroid dienone is 3. The average Bonchev–Trinajstić information content (AvgIpc) is 3.84. The number of pyridine rings is 2. The zero-order chi connectivity index (χ0) is 54.4. The van der Waals surface area contributed by atoms with E-state index in [1.54, 1.807) is 23.4 Å².